The summed E-state index contributed by atoms with van der Waals surface area (Å²) in [4.78, 5) is 32.4. The summed E-state index contributed by atoms with van der Waals surface area (Å²) in [6, 6.07) is 17.5. The van der Waals surface area contributed by atoms with Crippen LogP contribution in [0.15, 0.2) is 89.6 Å². The number of fused-ring (bicyclic) bond motifs is 1. The van der Waals surface area contributed by atoms with Gasteiger partial charge in [0.15, 0.2) is 9.47 Å². The lowest BCUT2D eigenvalue weighted by molar-refractivity contribution is -0.138. The van der Waals surface area contributed by atoms with Crippen molar-refractivity contribution in [2.45, 2.75) is 13.0 Å². The van der Waals surface area contributed by atoms with Crippen molar-refractivity contribution in [2.24, 2.45) is 4.99 Å². The molecule has 2 aromatic carbocycles. The highest BCUT2D eigenvalue weighted by atomic mass is 79.9. The SMILES string of the molecule is CCOC(=O)C1=C(c2ccccc2)N=c2s/c(=C/c3cc(Br)c(Br)o3)c(=O)n2[C@@H]1c1ccc(Cl)cc1. The minimum absolute atomic E-state index is 0.185. The quantitative estimate of drug-likeness (QED) is 0.260. The molecule has 4 aromatic rings. The van der Waals surface area contributed by atoms with E-state index in [0.29, 0.717) is 36.0 Å². The number of nitrogens with zero attached hydrogens (tertiary/aromatic N) is 2. The molecule has 5 rings (SSSR count). The van der Waals surface area contributed by atoms with Gasteiger partial charge in [-0.2, -0.15) is 0 Å². The Labute approximate surface area is 231 Å². The standard InChI is InChI=1S/C26H17Br2ClN2O4S/c1-2-34-25(33)20-21(14-6-4-3-5-7-14)30-26-31(22(20)15-8-10-16(29)11-9-15)24(32)19(36-26)13-17-12-18(27)23(28)35-17/h3-13,22H,2H2,1H3/b19-13+/t22-/m1/s1. The van der Waals surface area contributed by atoms with E-state index in [2.05, 4.69) is 31.9 Å². The van der Waals surface area contributed by atoms with E-state index < -0.39 is 12.0 Å². The van der Waals surface area contributed by atoms with Crippen LogP contribution >= 0.6 is 54.8 Å². The summed E-state index contributed by atoms with van der Waals surface area (Å²) >= 11 is 14.1. The van der Waals surface area contributed by atoms with Gasteiger partial charge in [0.1, 0.15) is 5.76 Å². The number of thiazole rings is 1. The van der Waals surface area contributed by atoms with Crippen LogP contribution in [0.25, 0.3) is 11.8 Å². The molecule has 182 valence electrons. The average Bonchev–Trinajstić information content (AvgIpc) is 3.36. The summed E-state index contributed by atoms with van der Waals surface area (Å²) in [5.41, 5.74) is 1.91. The molecule has 1 aliphatic heterocycles. The zero-order chi connectivity index (χ0) is 25.4. The van der Waals surface area contributed by atoms with Crippen LogP contribution in [0.4, 0.5) is 0 Å². The van der Waals surface area contributed by atoms with Gasteiger partial charge >= 0.3 is 5.97 Å². The van der Waals surface area contributed by atoms with Gasteiger partial charge in [0.25, 0.3) is 5.56 Å². The lowest BCUT2D eigenvalue weighted by atomic mass is 9.93. The Morgan fingerprint density at radius 1 is 1.19 bits per heavy atom. The number of ether oxygens (including phenoxy) is 1. The number of aromatic nitrogens is 1. The van der Waals surface area contributed by atoms with E-state index >= 15 is 0 Å². The van der Waals surface area contributed by atoms with E-state index in [1.807, 2.05) is 30.3 Å². The molecule has 0 amide bonds. The van der Waals surface area contributed by atoms with E-state index in [4.69, 9.17) is 25.7 Å². The van der Waals surface area contributed by atoms with Gasteiger partial charge in [0.05, 0.1) is 32.9 Å². The van der Waals surface area contributed by atoms with Gasteiger partial charge in [-0.3, -0.25) is 9.36 Å². The Morgan fingerprint density at radius 3 is 2.56 bits per heavy atom. The third kappa shape index (κ3) is 4.68. The topological polar surface area (TPSA) is 73.8 Å². The summed E-state index contributed by atoms with van der Waals surface area (Å²) < 4.78 is 14.3. The van der Waals surface area contributed by atoms with E-state index in [-0.39, 0.29) is 17.7 Å². The molecule has 0 N–H and O–H groups in total. The van der Waals surface area contributed by atoms with Crippen molar-refractivity contribution in [2.75, 3.05) is 6.61 Å². The first kappa shape index (κ1) is 25.0. The van der Waals surface area contributed by atoms with Crippen molar-refractivity contribution in [1.82, 2.24) is 4.57 Å². The highest BCUT2D eigenvalue weighted by molar-refractivity contribution is 9.13. The predicted octanol–water partition coefficient (Wildman–Crippen LogP) is 5.71. The highest BCUT2D eigenvalue weighted by Gasteiger charge is 2.35. The Kier molecular flexibility index (Phi) is 7.16. The summed E-state index contributed by atoms with van der Waals surface area (Å²) in [5, 5.41) is 0.546. The second-order valence-electron chi connectivity index (χ2n) is 7.75. The normalized spacial score (nSPS) is 15.6. The zero-order valence-corrected chi connectivity index (χ0v) is 23.4. The van der Waals surface area contributed by atoms with Gasteiger partial charge in [0, 0.05) is 16.7 Å². The van der Waals surface area contributed by atoms with Crippen molar-refractivity contribution in [1.29, 1.82) is 0 Å². The molecule has 0 spiro atoms. The number of rotatable bonds is 5. The first-order valence-corrected chi connectivity index (χ1v) is 13.6. The molecule has 0 bridgehead atoms. The van der Waals surface area contributed by atoms with E-state index in [9.17, 15) is 9.59 Å². The van der Waals surface area contributed by atoms with Gasteiger partial charge in [-0.1, -0.05) is 65.4 Å². The van der Waals surface area contributed by atoms with Crippen LogP contribution in [0.3, 0.4) is 0 Å². The molecule has 0 radical (unpaired) electrons. The van der Waals surface area contributed by atoms with Crippen LogP contribution in [-0.2, 0) is 9.53 Å². The lowest BCUT2D eigenvalue weighted by Crippen LogP contribution is -2.40. The molecule has 36 heavy (non-hydrogen) atoms. The molecule has 6 nitrogen and oxygen atoms in total. The summed E-state index contributed by atoms with van der Waals surface area (Å²) in [7, 11) is 0. The predicted molar refractivity (Wildman–Crippen MR) is 147 cm³/mol. The monoisotopic (exact) mass is 646 g/mol. The smallest absolute Gasteiger partial charge is 0.338 e. The molecule has 1 aliphatic rings. The van der Waals surface area contributed by atoms with Crippen LogP contribution in [0.5, 0.6) is 0 Å². The highest BCUT2D eigenvalue weighted by Crippen LogP contribution is 2.35. The number of benzene rings is 2. The van der Waals surface area contributed by atoms with E-state index in [1.165, 1.54) is 15.9 Å². The molecule has 0 saturated heterocycles. The van der Waals surface area contributed by atoms with Crippen molar-refractivity contribution in [3.8, 4) is 0 Å². The maximum absolute atomic E-state index is 13.7. The molecule has 3 heterocycles. The number of furan rings is 1. The van der Waals surface area contributed by atoms with Crippen molar-refractivity contribution >= 4 is 72.5 Å². The number of carbonyl (C=O) groups is 1. The van der Waals surface area contributed by atoms with E-state index in [0.717, 1.165) is 10.0 Å². The molecule has 0 unspecified atom stereocenters. The Balaban J connectivity index is 1.83. The van der Waals surface area contributed by atoms with Gasteiger partial charge in [-0.15, -0.1) is 0 Å². The largest absolute Gasteiger partial charge is 0.463 e. The number of hydrogen-bond acceptors (Lipinski definition) is 6. The van der Waals surface area contributed by atoms with Crippen LogP contribution < -0.4 is 14.9 Å². The third-order valence-electron chi connectivity index (χ3n) is 5.50. The second kappa shape index (κ2) is 10.3. The van der Waals surface area contributed by atoms with E-state index in [1.54, 1.807) is 43.3 Å². The Bertz CT molecular complexity index is 1650. The summed E-state index contributed by atoms with van der Waals surface area (Å²) in [6.07, 6.45) is 1.66. The lowest BCUT2D eigenvalue weighted by Gasteiger charge is -2.25. The molecule has 0 fully saturated rings. The van der Waals surface area contributed by atoms with Crippen LogP contribution in [0.2, 0.25) is 5.02 Å². The third-order valence-corrected chi connectivity index (χ3v) is 8.44. The van der Waals surface area contributed by atoms with Crippen LogP contribution in [0.1, 0.15) is 29.9 Å². The van der Waals surface area contributed by atoms with Gasteiger partial charge < -0.3 is 9.15 Å². The Morgan fingerprint density at radius 2 is 1.92 bits per heavy atom. The fourth-order valence-electron chi connectivity index (χ4n) is 3.96. The fraction of sp³-hybridized carbons (Fsp3) is 0.115. The van der Waals surface area contributed by atoms with Gasteiger partial charge in [-0.25, -0.2) is 9.79 Å². The van der Waals surface area contributed by atoms with Gasteiger partial charge in [0.2, 0.25) is 0 Å². The van der Waals surface area contributed by atoms with Crippen molar-refractivity contribution in [3.05, 3.63) is 117 Å². The van der Waals surface area contributed by atoms with Crippen LogP contribution in [0, 0.1) is 0 Å². The van der Waals surface area contributed by atoms with Crippen molar-refractivity contribution < 1.29 is 13.9 Å². The number of carbonyl (C=O) groups excluding carboxylic acids is 1. The molecule has 1 atom stereocenters. The molecular formula is C26H17Br2ClN2O4S. The molecule has 0 aliphatic carbocycles. The molecule has 10 heteroatoms. The second-order valence-corrected chi connectivity index (χ2v) is 10.8. The average molecular weight is 649 g/mol. The fourth-order valence-corrected chi connectivity index (χ4v) is 5.68. The minimum Gasteiger partial charge on any atom is -0.463 e. The first-order valence-electron chi connectivity index (χ1n) is 10.9. The van der Waals surface area contributed by atoms with Gasteiger partial charge in [-0.05, 0) is 62.5 Å². The van der Waals surface area contributed by atoms with Crippen LogP contribution in [-0.4, -0.2) is 17.1 Å². The van der Waals surface area contributed by atoms with Crippen molar-refractivity contribution in [3.63, 3.8) is 0 Å². The molecular weight excluding hydrogens is 632 g/mol. The molecule has 2 aromatic heterocycles. The maximum Gasteiger partial charge on any atom is 0.338 e. The maximum atomic E-state index is 13.7. The summed E-state index contributed by atoms with van der Waals surface area (Å²) in [6.45, 7) is 1.93. The Hall–Kier alpha value is -2.72. The number of halogens is 3. The molecule has 0 saturated carbocycles. The summed E-state index contributed by atoms with van der Waals surface area (Å²) in [5.74, 6) is -0.0387. The first-order chi connectivity index (χ1) is 17.4. The minimum atomic E-state index is -0.759. The number of esters is 1. The zero-order valence-electron chi connectivity index (χ0n) is 18.7. The number of hydrogen-bond donors (Lipinski definition) is 0.